The second kappa shape index (κ2) is 15.3. The van der Waals surface area contributed by atoms with Crippen molar-refractivity contribution in [3.8, 4) is 11.1 Å². The van der Waals surface area contributed by atoms with Gasteiger partial charge in [0.1, 0.15) is 11.2 Å². The summed E-state index contributed by atoms with van der Waals surface area (Å²) in [4.78, 5) is 5.46. The van der Waals surface area contributed by atoms with E-state index in [-0.39, 0.29) is 45.1 Å². The van der Waals surface area contributed by atoms with Crippen LogP contribution in [0, 0.1) is 19.3 Å². The van der Waals surface area contributed by atoms with E-state index >= 15 is 0 Å². The zero-order valence-electron chi connectivity index (χ0n) is 47.9. The first-order valence-electron chi connectivity index (χ1n) is 29.7. The largest absolute Gasteiger partial charge is 0.456 e. The molecule has 1 fully saturated rings. The molecule has 1 aromatic heterocycles. The lowest BCUT2D eigenvalue weighted by atomic mass is 9.33. The number of hydrogen-bond acceptors (Lipinski definition) is 3. The summed E-state index contributed by atoms with van der Waals surface area (Å²) in [6.07, 6.45) is 9.53. The molecule has 0 radical (unpaired) electrons. The molecule has 4 unspecified atom stereocenters. The fourth-order valence-corrected chi connectivity index (χ4v) is 17.9. The number of para-hydroxylation sites is 1. The van der Waals surface area contributed by atoms with E-state index in [1.165, 1.54) is 137 Å². The molecule has 9 aromatic rings. The number of aryl methyl sites for hydroxylation is 2. The van der Waals surface area contributed by atoms with Gasteiger partial charge in [-0.3, -0.25) is 0 Å². The van der Waals surface area contributed by atoms with Crippen LogP contribution in [0.5, 0.6) is 0 Å². The van der Waals surface area contributed by atoms with Gasteiger partial charge in [-0.15, -0.1) is 0 Å². The van der Waals surface area contributed by atoms with Crippen LogP contribution in [-0.2, 0) is 27.1 Å². The van der Waals surface area contributed by atoms with Crippen molar-refractivity contribution >= 4 is 79.2 Å². The van der Waals surface area contributed by atoms with E-state index in [1.54, 1.807) is 11.1 Å². The minimum absolute atomic E-state index is 0.00931. The fraction of sp³-hybridized carbons (Fsp3) is 0.351. The van der Waals surface area contributed by atoms with E-state index < -0.39 is 0 Å². The first-order chi connectivity index (χ1) is 37.3. The van der Waals surface area contributed by atoms with Crippen LogP contribution in [0.2, 0.25) is 0 Å². The molecule has 388 valence electrons. The number of nitrogens with zero attached hydrogens (tertiary/aromatic N) is 2. The topological polar surface area (TPSA) is 19.6 Å². The zero-order valence-corrected chi connectivity index (χ0v) is 47.9. The summed E-state index contributed by atoms with van der Waals surface area (Å²) in [5, 5.41) is 2.32. The monoisotopic (exact) mass is 1020 g/mol. The Morgan fingerprint density at radius 1 is 0.474 bits per heavy atom. The Morgan fingerprint density at radius 3 is 1.88 bits per heavy atom. The van der Waals surface area contributed by atoms with E-state index in [1.807, 2.05) is 0 Å². The van der Waals surface area contributed by atoms with Gasteiger partial charge >= 0.3 is 0 Å². The van der Waals surface area contributed by atoms with Crippen LogP contribution in [0.25, 0.3) is 33.1 Å². The highest BCUT2D eigenvalue weighted by atomic mass is 16.3. The van der Waals surface area contributed by atoms with Crippen molar-refractivity contribution in [3.63, 3.8) is 0 Å². The van der Waals surface area contributed by atoms with E-state index in [2.05, 4.69) is 225 Å². The molecule has 3 nitrogen and oxygen atoms in total. The molecule has 4 heteroatoms. The predicted molar refractivity (Wildman–Crippen MR) is 329 cm³/mol. The van der Waals surface area contributed by atoms with Gasteiger partial charge in [0.25, 0.3) is 6.71 Å². The van der Waals surface area contributed by atoms with Crippen molar-refractivity contribution < 1.29 is 4.42 Å². The van der Waals surface area contributed by atoms with Gasteiger partial charge in [-0.05, 0) is 217 Å². The standard InChI is InChI=1S/C74H73BN2O/c1-43-34-62-68-63(35-43)77-59-42-55-52(36-44(59)2)71(7,8)32-33-72(55,9)50-39-49-51(38-48(50)45-20-13-12-14-21-45)73(10)28-17-18-29-74(73,11)67(49)46-26-27-56(60(77)37-46)75(68)57-40-53-54(70(5,6)31-30-69(53,3)4)41-61(57)76(62)58-23-19-25-65-66(58)47-22-15-16-24-64(47)78-65/h12-16,19-27,34-42,67H,17-18,28-33H2,1-11H3. The second-order valence-corrected chi connectivity index (χ2v) is 28.3. The van der Waals surface area contributed by atoms with Crippen molar-refractivity contribution in [3.05, 3.63) is 195 Å². The SMILES string of the molecule is Cc1cc2c3c(c1)N(c1cccc4oc5ccccc5c14)c1cc4c(cc1B3c1ccc3cc1N2c1cc2c(cc1C)C(C)(C)CCC2(C)c1cc2c(cc1-c1ccccc1)C1(C)CCCCC1(C)C32)C(C)(C)CCC4(C)C. The lowest BCUT2D eigenvalue weighted by Crippen LogP contribution is -2.62. The highest BCUT2D eigenvalue weighted by Crippen LogP contribution is 2.69. The highest BCUT2D eigenvalue weighted by molar-refractivity contribution is 7.00. The Morgan fingerprint density at radius 2 is 1.12 bits per heavy atom. The minimum atomic E-state index is -0.241. The summed E-state index contributed by atoms with van der Waals surface area (Å²) in [5.41, 5.74) is 31.1. The average Bonchev–Trinajstić information content (AvgIpc) is 3.47. The third-order valence-corrected chi connectivity index (χ3v) is 22.6. The Balaban J connectivity index is 1.05. The lowest BCUT2D eigenvalue weighted by Gasteiger charge is -2.50. The van der Waals surface area contributed by atoms with Gasteiger partial charge in [0.05, 0.1) is 11.1 Å². The van der Waals surface area contributed by atoms with Gasteiger partial charge in [0.15, 0.2) is 0 Å². The third kappa shape index (κ3) is 5.92. The fourth-order valence-electron chi connectivity index (χ4n) is 17.9. The molecule has 6 bridgehead atoms. The molecule has 0 spiro atoms. The number of fused-ring (bicyclic) bond motifs is 17. The number of benzene rings is 8. The summed E-state index contributed by atoms with van der Waals surface area (Å²) >= 11 is 0. The molecule has 4 aliphatic carbocycles. The van der Waals surface area contributed by atoms with Crippen molar-refractivity contribution in [2.24, 2.45) is 5.41 Å². The number of furan rings is 1. The van der Waals surface area contributed by atoms with Crippen molar-refractivity contribution in [2.75, 3.05) is 9.80 Å². The van der Waals surface area contributed by atoms with Gasteiger partial charge in [-0.1, -0.05) is 160 Å². The van der Waals surface area contributed by atoms with E-state index in [4.69, 9.17) is 4.42 Å². The first kappa shape index (κ1) is 47.2. The molecule has 16 rings (SSSR count). The summed E-state index contributed by atoms with van der Waals surface area (Å²) in [6, 6.07) is 56.1. The van der Waals surface area contributed by atoms with Gasteiger partial charge in [-0.25, -0.2) is 0 Å². The van der Waals surface area contributed by atoms with Crippen molar-refractivity contribution in [1.29, 1.82) is 0 Å². The van der Waals surface area contributed by atoms with Crippen LogP contribution in [0.1, 0.15) is 175 Å². The summed E-state index contributed by atoms with van der Waals surface area (Å²) in [7, 11) is 0. The Kier molecular flexibility index (Phi) is 9.28. The van der Waals surface area contributed by atoms with Crippen LogP contribution in [0.4, 0.5) is 34.1 Å². The van der Waals surface area contributed by atoms with Crippen LogP contribution in [0.3, 0.4) is 0 Å². The molecule has 0 amide bonds. The molecule has 4 atom stereocenters. The smallest absolute Gasteiger partial charge is 0.252 e. The maximum absolute atomic E-state index is 6.74. The molecular formula is C74H73BN2O. The van der Waals surface area contributed by atoms with Crippen LogP contribution >= 0.6 is 0 Å². The molecule has 8 aromatic carbocycles. The minimum Gasteiger partial charge on any atom is -0.456 e. The van der Waals surface area contributed by atoms with Crippen LogP contribution in [0.15, 0.2) is 144 Å². The lowest BCUT2D eigenvalue weighted by molar-refractivity contribution is 0.0924. The highest BCUT2D eigenvalue weighted by Gasteiger charge is 2.60. The quantitative estimate of drug-likeness (QED) is 0.161. The van der Waals surface area contributed by atoms with Crippen molar-refractivity contribution in [2.45, 2.75) is 161 Å². The van der Waals surface area contributed by atoms with E-state index in [9.17, 15) is 0 Å². The first-order valence-corrected chi connectivity index (χ1v) is 29.7. The van der Waals surface area contributed by atoms with Gasteiger partial charge < -0.3 is 14.2 Å². The Bertz CT molecular complexity index is 4140. The maximum Gasteiger partial charge on any atom is 0.252 e. The zero-order chi connectivity index (χ0) is 53.4. The Labute approximate surface area is 463 Å². The van der Waals surface area contributed by atoms with Gasteiger partial charge in [0, 0.05) is 45.2 Å². The normalized spacial score (nSPS) is 25.0. The van der Waals surface area contributed by atoms with E-state index in [0.29, 0.717) is 0 Å². The van der Waals surface area contributed by atoms with Crippen molar-refractivity contribution in [1.82, 2.24) is 0 Å². The number of rotatable bonds is 2. The molecule has 3 aliphatic heterocycles. The molecule has 0 N–H and O–H groups in total. The van der Waals surface area contributed by atoms with Gasteiger partial charge in [-0.2, -0.15) is 0 Å². The summed E-state index contributed by atoms with van der Waals surface area (Å²) in [5.74, 6) is 0.249. The van der Waals surface area contributed by atoms with Crippen LogP contribution in [-0.4, -0.2) is 6.71 Å². The molecule has 4 heterocycles. The summed E-state index contributed by atoms with van der Waals surface area (Å²) in [6.45, 7) is 27.8. The molecule has 78 heavy (non-hydrogen) atoms. The molecule has 1 saturated carbocycles. The number of anilines is 6. The Hall–Kier alpha value is -6.78. The second-order valence-electron chi connectivity index (χ2n) is 28.3. The molecular weight excluding hydrogens is 944 g/mol. The third-order valence-electron chi connectivity index (χ3n) is 22.6. The van der Waals surface area contributed by atoms with E-state index in [0.717, 1.165) is 42.2 Å². The van der Waals surface area contributed by atoms with Gasteiger partial charge in [0.2, 0.25) is 0 Å². The average molecular weight is 1020 g/mol. The van der Waals surface area contributed by atoms with Crippen LogP contribution < -0.4 is 26.2 Å². The maximum atomic E-state index is 6.74. The number of hydrogen-bond donors (Lipinski definition) is 0. The molecule has 7 aliphatic rings. The molecule has 0 saturated heterocycles. The predicted octanol–water partition coefficient (Wildman–Crippen LogP) is 18.0. The summed E-state index contributed by atoms with van der Waals surface area (Å²) < 4.78 is 6.74.